The average molecular weight is 405 g/mol. The first-order chi connectivity index (χ1) is 14.4. The topological polar surface area (TPSA) is 114 Å². The monoisotopic (exact) mass is 405 g/mol. The third-order valence-electron chi connectivity index (χ3n) is 4.82. The fourth-order valence-corrected chi connectivity index (χ4v) is 2.96. The van der Waals surface area contributed by atoms with E-state index in [0.29, 0.717) is 22.8 Å². The minimum Gasteiger partial charge on any atom is -0.509 e. The van der Waals surface area contributed by atoms with Crippen LogP contribution in [0.4, 0.5) is 5.69 Å². The number of ether oxygens (including phenoxy) is 1. The van der Waals surface area contributed by atoms with Crippen molar-refractivity contribution in [1.29, 1.82) is 5.26 Å². The molecule has 0 aliphatic carbocycles. The van der Waals surface area contributed by atoms with Crippen molar-refractivity contribution in [1.82, 2.24) is 14.9 Å². The van der Waals surface area contributed by atoms with Gasteiger partial charge >= 0.3 is 0 Å². The standard InChI is InChI=1S/C22H23N5O3/c1-14(27(2)13-20(28)24-15-8-10-16(30-3)11-9-15)21(29)17(12-23)22-25-18-6-4-5-7-19(18)26-22/h4-11,14,29H,13H2,1-3H3,(H,24,28)(H,25,26)/b21-17-/t14-/m1/s1. The molecule has 1 heterocycles. The maximum Gasteiger partial charge on any atom is 0.238 e. The number of aliphatic hydroxyl groups excluding tert-OH is 1. The molecule has 8 heteroatoms. The number of benzene rings is 2. The lowest BCUT2D eigenvalue weighted by atomic mass is 10.1. The third-order valence-corrected chi connectivity index (χ3v) is 4.82. The Morgan fingerprint density at radius 2 is 2.00 bits per heavy atom. The van der Waals surface area contributed by atoms with Gasteiger partial charge in [-0.05, 0) is 50.4 Å². The molecule has 0 radical (unpaired) electrons. The number of aromatic nitrogens is 2. The maximum absolute atomic E-state index is 12.4. The second-order valence-corrected chi connectivity index (χ2v) is 6.84. The van der Waals surface area contributed by atoms with Crippen LogP contribution < -0.4 is 10.1 Å². The first kappa shape index (κ1) is 20.9. The molecule has 30 heavy (non-hydrogen) atoms. The number of fused-ring (bicyclic) bond motifs is 1. The highest BCUT2D eigenvalue weighted by molar-refractivity contribution is 5.92. The van der Waals surface area contributed by atoms with E-state index in [4.69, 9.17) is 4.74 Å². The molecule has 0 spiro atoms. The van der Waals surface area contributed by atoms with Crippen molar-refractivity contribution in [2.24, 2.45) is 0 Å². The molecule has 3 aromatic rings. The molecule has 0 bridgehead atoms. The van der Waals surface area contributed by atoms with E-state index in [9.17, 15) is 15.2 Å². The summed E-state index contributed by atoms with van der Waals surface area (Å²) in [5.41, 5.74) is 2.16. The smallest absolute Gasteiger partial charge is 0.238 e. The fraction of sp³-hybridized carbons (Fsp3) is 0.227. The van der Waals surface area contributed by atoms with E-state index in [-0.39, 0.29) is 23.8 Å². The molecule has 8 nitrogen and oxygen atoms in total. The summed E-state index contributed by atoms with van der Waals surface area (Å²) < 4.78 is 5.10. The highest BCUT2D eigenvalue weighted by Crippen LogP contribution is 2.22. The average Bonchev–Trinajstić information content (AvgIpc) is 3.17. The second-order valence-electron chi connectivity index (χ2n) is 6.84. The van der Waals surface area contributed by atoms with Gasteiger partial charge in [0.2, 0.25) is 5.91 Å². The predicted molar refractivity (Wildman–Crippen MR) is 115 cm³/mol. The van der Waals surface area contributed by atoms with Crippen molar-refractivity contribution in [3.63, 3.8) is 0 Å². The number of para-hydroxylation sites is 2. The number of hydrogen-bond donors (Lipinski definition) is 3. The Balaban J connectivity index is 1.71. The predicted octanol–water partition coefficient (Wildman–Crippen LogP) is 3.32. The number of methoxy groups -OCH3 is 1. The molecule has 0 saturated heterocycles. The van der Waals surface area contributed by atoms with Gasteiger partial charge in [0.1, 0.15) is 23.2 Å². The summed E-state index contributed by atoms with van der Waals surface area (Å²) in [7, 11) is 3.27. The zero-order valence-corrected chi connectivity index (χ0v) is 17.0. The highest BCUT2D eigenvalue weighted by atomic mass is 16.5. The molecule has 3 N–H and O–H groups in total. The van der Waals surface area contributed by atoms with Crippen LogP contribution >= 0.6 is 0 Å². The molecule has 0 unspecified atom stereocenters. The molecule has 0 fully saturated rings. The van der Waals surface area contributed by atoms with Crippen molar-refractivity contribution < 1.29 is 14.6 Å². The van der Waals surface area contributed by atoms with Gasteiger partial charge in [0.25, 0.3) is 0 Å². The van der Waals surface area contributed by atoms with E-state index >= 15 is 0 Å². The van der Waals surface area contributed by atoms with Gasteiger partial charge in [-0.3, -0.25) is 9.69 Å². The molecular weight excluding hydrogens is 382 g/mol. The van der Waals surface area contributed by atoms with Gasteiger partial charge in [-0.1, -0.05) is 12.1 Å². The molecule has 1 amide bonds. The van der Waals surface area contributed by atoms with E-state index in [1.807, 2.05) is 30.3 Å². The number of rotatable bonds is 7. The van der Waals surface area contributed by atoms with Crippen LogP contribution in [0.2, 0.25) is 0 Å². The number of likely N-dealkylation sites (N-methyl/N-ethyl adjacent to an activating group) is 1. The summed E-state index contributed by atoms with van der Waals surface area (Å²) in [5.74, 6) is 0.586. The summed E-state index contributed by atoms with van der Waals surface area (Å²) in [5, 5.41) is 23.1. The first-order valence-electron chi connectivity index (χ1n) is 9.35. The molecule has 0 aliphatic heterocycles. The number of allylic oxidation sites excluding steroid dienone is 1. The van der Waals surface area contributed by atoms with Crippen LogP contribution in [0, 0.1) is 11.3 Å². The SMILES string of the molecule is COc1ccc(NC(=O)CN(C)[C@H](C)/C(O)=C(\C#N)c2nc3ccccc3[nH]2)cc1. The van der Waals surface area contributed by atoms with Crippen molar-refractivity contribution >= 4 is 28.2 Å². The molecule has 3 rings (SSSR count). The summed E-state index contributed by atoms with van der Waals surface area (Å²) >= 11 is 0. The molecule has 0 aliphatic rings. The zero-order chi connectivity index (χ0) is 21.7. The van der Waals surface area contributed by atoms with Crippen LogP contribution in [0.25, 0.3) is 16.6 Å². The molecule has 2 aromatic carbocycles. The van der Waals surface area contributed by atoms with E-state index in [1.54, 1.807) is 50.2 Å². The van der Waals surface area contributed by atoms with Gasteiger partial charge in [-0.15, -0.1) is 0 Å². The number of amides is 1. The molecule has 1 atom stereocenters. The lowest BCUT2D eigenvalue weighted by Gasteiger charge is -2.24. The van der Waals surface area contributed by atoms with Crippen LogP contribution in [-0.4, -0.2) is 52.6 Å². The van der Waals surface area contributed by atoms with Gasteiger partial charge in [-0.2, -0.15) is 5.26 Å². The van der Waals surface area contributed by atoms with E-state index in [1.165, 1.54) is 0 Å². The molecule has 0 saturated carbocycles. The number of H-pyrrole nitrogens is 1. The number of hydrogen-bond acceptors (Lipinski definition) is 6. The number of aromatic amines is 1. The van der Waals surface area contributed by atoms with E-state index in [2.05, 4.69) is 15.3 Å². The van der Waals surface area contributed by atoms with Crippen LogP contribution in [-0.2, 0) is 4.79 Å². The minimum atomic E-state index is -0.575. The Morgan fingerprint density at radius 1 is 1.30 bits per heavy atom. The largest absolute Gasteiger partial charge is 0.509 e. The van der Waals surface area contributed by atoms with Gasteiger partial charge in [-0.25, -0.2) is 4.98 Å². The summed E-state index contributed by atoms with van der Waals surface area (Å²) in [6.45, 7) is 1.74. The minimum absolute atomic E-state index is 0.0239. The Kier molecular flexibility index (Phi) is 6.35. The summed E-state index contributed by atoms with van der Waals surface area (Å²) in [4.78, 5) is 21.4. The van der Waals surface area contributed by atoms with E-state index < -0.39 is 6.04 Å². The van der Waals surface area contributed by atoms with Crippen molar-refractivity contribution in [2.45, 2.75) is 13.0 Å². The van der Waals surface area contributed by atoms with Gasteiger partial charge in [0, 0.05) is 5.69 Å². The Labute approximate surface area is 174 Å². The number of nitrogens with zero attached hydrogens (tertiary/aromatic N) is 3. The lowest BCUT2D eigenvalue weighted by Crippen LogP contribution is -2.37. The number of nitriles is 1. The number of nitrogens with one attached hydrogen (secondary N) is 2. The van der Waals surface area contributed by atoms with Crippen molar-refractivity contribution in [3.05, 3.63) is 60.1 Å². The number of carbonyl (C=O) groups excluding carboxylic acids is 1. The molecule has 154 valence electrons. The van der Waals surface area contributed by atoms with E-state index in [0.717, 1.165) is 5.52 Å². The molecular formula is C22H23N5O3. The van der Waals surface area contributed by atoms with Crippen LogP contribution in [0.3, 0.4) is 0 Å². The number of carbonyl (C=O) groups is 1. The van der Waals surface area contributed by atoms with Gasteiger partial charge in [0.15, 0.2) is 5.82 Å². The van der Waals surface area contributed by atoms with Crippen molar-refractivity contribution in [3.8, 4) is 11.8 Å². The first-order valence-corrected chi connectivity index (χ1v) is 9.35. The molecule has 1 aromatic heterocycles. The van der Waals surface area contributed by atoms with Crippen molar-refractivity contribution in [2.75, 3.05) is 26.0 Å². The normalized spacial score (nSPS) is 12.9. The van der Waals surface area contributed by atoms with Gasteiger partial charge in [0.05, 0.1) is 30.7 Å². The highest BCUT2D eigenvalue weighted by Gasteiger charge is 2.22. The summed E-state index contributed by atoms with van der Waals surface area (Å²) in [6.07, 6.45) is 0. The van der Waals surface area contributed by atoms with Crippen LogP contribution in [0.15, 0.2) is 54.3 Å². The summed E-state index contributed by atoms with van der Waals surface area (Å²) in [6, 6.07) is 15.8. The fourth-order valence-electron chi connectivity index (χ4n) is 2.96. The third kappa shape index (κ3) is 4.59. The lowest BCUT2D eigenvalue weighted by molar-refractivity contribution is -0.117. The number of anilines is 1. The van der Waals surface area contributed by atoms with Crippen LogP contribution in [0.5, 0.6) is 5.75 Å². The zero-order valence-electron chi connectivity index (χ0n) is 17.0. The quantitative estimate of drug-likeness (QED) is 0.410. The van der Waals surface area contributed by atoms with Gasteiger partial charge < -0.3 is 20.1 Å². The van der Waals surface area contributed by atoms with Crippen LogP contribution in [0.1, 0.15) is 12.7 Å². The Bertz CT molecular complexity index is 1080. The Morgan fingerprint density at radius 3 is 2.63 bits per heavy atom. The Hall–Kier alpha value is -3.83. The maximum atomic E-state index is 12.4. The number of imidazole rings is 1. The second kappa shape index (κ2) is 9.11. The number of aliphatic hydroxyl groups is 1.